The number of amides is 1. The van der Waals surface area contributed by atoms with Gasteiger partial charge in [-0.2, -0.15) is 0 Å². The number of hydrogen-bond donors (Lipinski definition) is 1. The van der Waals surface area contributed by atoms with Crippen molar-refractivity contribution in [2.75, 3.05) is 11.6 Å². The van der Waals surface area contributed by atoms with E-state index >= 15 is 0 Å². The predicted octanol–water partition coefficient (Wildman–Crippen LogP) is 3.90. The van der Waals surface area contributed by atoms with E-state index in [1.54, 1.807) is 18.3 Å². The highest BCUT2D eigenvalue weighted by Crippen LogP contribution is 2.31. The lowest BCUT2D eigenvalue weighted by atomic mass is 10.2. The molecule has 0 unspecified atom stereocenters. The zero-order valence-electron chi connectivity index (χ0n) is 15.6. The quantitative estimate of drug-likeness (QED) is 0.682. The molecule has 0 fully saturated rings. The molecule has 1 amide bonds. The Hall–Kier alpha value is -2.71. The van der Waals surface area contributed by atoms with Gasteiger partial charge in [0, 0.05) is 17.3 Å². The zero-order chi connectivity index (χ0) is 20.3. The predicted molar refractivity (Wildman–Crippen MR) is 110 cm³/mol. The van der Waals surface area contributed by atoms with Crippen molar-refractivity contribution in [2.24, 2.45) is 0 Å². The van der Waals surface area contributed by atoms with E-state index in [0.29, 0.717) is 16.3 Å². The summed E-state index contributed by atoms with van der Waals surface area (Å²) in [6.45, 7) is 4.05. The molecule has 0 bridgehead atoms. The van der Waals surface area contributed by atoms with Crippen molar-refractivity contribution < 1.29 is 13.2 Å². The van der Waals surface area contributed by atoms with Gasteiger partial charge in [0.15, 0.2) is 14.9 Å². The Balaban J connectivity index is 1.83. The van der Waals surface area contributed by atoms with Gasteiger partial charge in [0.05, 0.1) is 17.4 Å². The molecule has 0 aliphatic rings. The summed E-state index contributed by atoms with van der Waals surface area (Å²) < 4.78 is 23.0. The number of aromatic nitrogens is 2. The topological polar surface area (TPSA) is 89.0 Å². The molecule has 2 heterocycles. The molecule has 0 radical (unpaired) electrons. The van der Waals surface area contributed by atoms with Crippen LogP contribution < -0.4 is 5.32 Å². The standard InChI is InChI=1S/C20H19N3O3S2/c1-13-6-8-17(14(2)11-13)27-20-16(5-4-10-21-20)19(24)23-15-7-9-18(22-12-15)28(3,25)26/h4-12H,1-3H3,(H,23,24). The molecule has 1 N–H and O–H groups in total. The van der Waals surface area contributed by atoms with Crippen molar-refractivity contribution in [3.8, 4) is 0 Å². The molecule has 0 aliphatic carbocycles. The first-order valence-electron chi connectivity index (χ1n) is 8.41. The van der Waals surface area contributed by atoms with Gasteiger partial charge >= 0.3 is 0 Å². The fourth-order valence-corrected chi connectivity index (χ4v) is 4.04. The number of hydrogen-bond acceptors (Lipinski definition) is 6. The molecular weight excluding hydrogens is 394 g/mol. The van der Waals surface area contributed by atoms with Gasteiger partial charge in [0.25, 0.3) is 5.91 Å². The summed E-state index contributed by atoms with van der Waals surface area (Å²) in [5.74, 6) is -0.339. The Morgan fingerprint density at radius 2 is 1.86 bits per heavy atom. The fraction of sp³-hybridized carbons (Fsp3) is 0.150. The molecule has 2 aromatic heterocycles. The van der Waals surface area contributed by atoms with Crippen LogP contribution >= 0.6 is 11.8 Å². The van der Waals surface area contributed by atoms with Crippen LogP contribution in [0.2, 0.25) is 0 Å². The Kier molecular flexibility index (Phi) is 5.81. The number of rotatable bonds is 5. The maximum atomic E-state index is 12.7. The van der Waals surface area contributed by atoms with Crippen LogP contribution in [0.5, 0.6) is 0 Å². The molecule has 0 atom stereocenters. The molecule has 6 nitrogen and oxygen atoms in total. The lowest BCUT2D eigenvalue weighted by molar-refractivity contribution is 0.102. The van der Waals surface area contributed by atoms with Gasteiger partial charge in [0.1, 0.15) is 5.03 Å². The molecule has 3 rings (SSSR count). The van der Waals surface area contributed by atoms with Gasteiger partial charge in [-0.05, 0) is 49.7 Å². The van der Waals surface area contributed by atoms with Crippen molar-refractivity contribution in [1.29, 1.82) is 0 Å². The van der Waals surface area contributed by atoms with Crippen LogP contribution in [0.4, 0.5) is 5.69 Å². The molecule has 0 saturated heterocycles. The van der Waals surface area contributed by atoms with Crippen molar-refractivity contribution in [1.82, 2.24) is 9.97 Å². The number of nitrogens with zero attached hydrogens (tertiary/aromatic N) is 2. The number of pyridine rings is 2. The third-order valence-corrected chi connectivity index (χ3v) is 6.12. The summed E-state index contributed by atoms with van der Waals surface area (Å²) in [5, 5.41) is 3.28. The first-order chi connectivity index (χ1) is 13.2. The minimum absolute atomic E-state index is 0.0435. The Bertz CT molecular complexity index is 1130. The summed E-state index contributed by atoms with van der Waals surface area (Å²) >= 11 is 1.43. The molecule has 1 aromatic carbocycles. The second-order valence-electron chi connectivity index (χ2n) is 6.34. The van der Waals surface area contributed by atoms with Gasteiger partial charge in [-0.1, -0.05) is 29.5 Å². The van der Waals surface area contributed by atoms with E-state index in [4.69, 9.17) is 0 Å². The third kappa shape index (κ3) is 4.76. The van der Waals surface area contributed by atoms with E-state index in [-0.39, 0.29) is 10.9 Å². The van der Waals surface area contributed by atoms with Crippen LogP contribution in [0.25, 0.3) is 0 Å². The average molecular weight is 414 g/mol. The van der Waals surface area contributed by atoms with Gasteiger partial charge in [-0.25, -0.2) is 18.4 Å². The number of carbonyl (C=O) groups excluding carboxylic acids is 1. The highest BCUT2D eigenvalue weighted by Gasteiger charge is 2.15. The lowest BCUT2D eigenvalue weighted by Gasteiger charge is -2.11. The van der Waals surface area contributed by atoms with Crippen LogP contribution in [0.3, 0.4) is 0 Å². The minimum Gasteiger partial charge on any atom is -0.321 e. The first kappa shape index (κ1) is 20.0. The van der Waals surface area contributed by atoms with E-state index < -0.39 is 9.84 Å². The van der Waals surface area contributed by atoms with Crippen LogP contribution in [0.15, 0.2) is 69.8 Å². The minimum atomic E-state index is -3.39. The van der Waals surface area contributed by atoms with E-state index in [0.717, 1.165) is 16.7 Å². The van der Waals surface area contributed by atoms with E-state index in [2.05, 4.69) is 21.4 Å². The highest BCUT2D eigenvalue weighted by atomic mass is 32.2. The zero-order valence-corrected chi connectivity index (χ0v) is 17.3. The van der Waals surface area contributed by atoms with Crippen LogP contribution in [-0.4, -0.2) is 30.5 Å². The van der Waals surface area contributed by atoms with Crippen molar-refractivity contribution in [3.05, 3.63) is 71.5 Å². The van der Waals surface area contributed by atoms with Crippen molar-refractivity contribution >= 4 is 33.2 Å². The monoisotopic (exact) mass is 413 g/mol. The molecule has 0 spiro atoms. The van der Waals surface area contributed by atoms with Gasteiger partial charge in [-0.15, -0.1) is 0 Å². The second kappa shape index (κ2) is 8.12. The lowest BCUT2D eigenvalue weighted by Crippen LogP contribution is -2.14. The molecule has 8 heteroatoms. The smallest absolute Gasteiger partial charge is 0.258 e. The van der Waals surface area contributed by atoms with Crippen molar-refractivity contribution in [2.45, 2.75) is 28.8 Å². The molecule has 3 aromatic rings. The summed E-state index contributed by atoms with van der Waals surface area (Å²) in [6, 6.07) is 12.4. The third-order valence-electron chi connectivity index (χ3n) is 3.93. The first-order valence-corrected chi connectivity index (χ1v) is 11.1. The normalized spacial score (nSPS) is 11.2. The molecule has 144 valence electrons. The van der Waals surface area contributed by atoms with Gasteiger partial charge in [0.2, 0.25) is 0 Å². The Morgan fingerprint density at radius 3 is 2.50 bits per heavy atom. The maximum Gasteiger partial charge on any atom is 0.258 e. The number of aryl methyl sites for hydroxylation is 2. The molecule has 0 saturated carbocycles. The van der Waals surface area contributed by atoms with Gasteiger partial charge < -0.3 is 5.32 Å². The van der Waals surface area contributed by atoms with Crippen LogP contribution in [0, 0.1) is 13.8 Å². The molecule has 28 heavy (non-hydrogen) atoms. The fourth-order valence-electron chi connectivity index (χ4n) is 2.53. The number of anilines is 1. The van der Waals surface area contributed by atoms with Crippen LogP contribution in [-0.2, 0) is 9.84 Å². The van der Waals surface area contributed by atoms with E-state index in [1.807, 2.05) is 26.0 Å². The average Bonchev–Trinajstić information content (AvgIpc) is 2.64. The SMILES string of the molecule is Cc1ccc(Sc2ncccc2C(=O)Nc2ccc(S(C)(=O)=O)nc2)c(C)c1. The summed E-state index contributed by atoms with van der Waals surface area (Å²) in [5.41, 5.74) is 3.12. The largest absolute Gasteiger partial charge is 0.321 e. The Morgan fingerprint density at radius 1 is 1.07 bits per heavy atom. The van der Waals surface area contributed by atoms with Crippen molar-refractivity contribution in [3.63, 3.8) is 0 Å². The Labute approximate surface area is 168 Å². The number of carbonyl (C=O) groups is 1. The number of sulfone groups is 1. The highest BCUT2D eigenvalue weighted by molar-refractivity contribution is 7.99. The van der Waals surface area contributed by atoms with E-state index in [1.165, 1.54) is 35.7 Å². The second-order valence-corrected chi connectivity index (χ2v) is 9.33. The number of nitrogens with one attached hydrogen (secondary N) is 1. The maximum absolute atomic E-state index is 12.7. The number of benzene rings is 1. The summed E-state index contributed by atoms with van der Waals surface area (Å²) in [4.78, 5) is 22.0. The van der Waals surface area contributed by atoms with Crippen LogP contribution in [0.1, 0.15) is 21.5 Å². The summed E-state index contributed by atoms with van der Waals surface area (Å²) in [6.07, 6.45) is 4.05. The molecular formula is C20H19N3O3S2. The van der Waals surface area contributed by atoms with E-state index in [9.17, 15) is 13.2 Å². The summed E-state index contributed by atoms with van der Waals surface area (Å²) in [7, 11) is -3.39. The van der Waals surface area contributed by atoms with Gasteiger partial charge in [-0.3, -0.25) is 4.79 Å². The molecule has 0 aliphatic heterocycles.